The Hall–Kier alpha value is -0.360. The Labute approximate surface area is 131 Å². The molecule has 0 aromatic heterocycles. The molecule has 1 aliphatic rings. The van der Waals surface area contributed by atoms with Gasteiger partial charge in [0.15, 0.2) is 0 Å². The summed E-state index contributed by atoms with van der Waals surface area (Å²) in [5.41, 5.74) is -0.364. The number of hydrogen-bond donors (Lipinski definition) is 0. The maximum Gasteiger partial charge on any atom is 0.416 e. The summed E-state index contributed by atoms with van der Waals surface area (Å²) in [4.78, 5) is 0. The molecule has 0 spiro atoms. The molecule has 0 N–H and O–H groups in total. The zero-order chi connectivity index (χ0) is 15.8. The Morgan fingerprint density at radius 3 is 2.05 bits per heavy atom. The van der Waals surface area contributed by atoms with Gasteiger partial charge in [-0.25, -0.2) is 4.39 Å². The van der Waals surface area contributed by atoms with Crippen LogP contribution in [0, 0.1) is 17.2 Å². The average Bonchev–Trinajstić information content (AvgIpc) is 2.36. The highest BCUT2D eigenvalue weighted by Gasteiger charge is 2.34. The van der Waals surface area contributed by atoms with E-state index in [2.05, 4.69) is 20.8 Å². The molecular weight excluding hydrogens is 320 g/mol. The third-order valence-electron chi connectivity index (χ3n) is 3.70. The van der Waals surface area contributed by atoms with Gasteiger partial charge in [-0.1, -0.05) is 26.8 Å². The topological polar surface area (TPSA) is 0 Å². The Bertz CT molecular complexity index is 497. The van der Waals surface area contributed by atoms with Gasteiger partial charge >= 0.3 is 6.18 Å². The van der Waals surface area contributed by atoms with Crippen LogP contribution in [0.5, 0.6) is 0 Å². The van der Waals surface area contributed by atoms with Crippen LogP contribution >= 0.6 is 23.5 Å². The molecule has 1 aromatic rings. The Morgan fingerprint density at radius 2 is 1.62 bits per heavy atom. The average molecular weight is 338 g/mol. The number of alkyl halides is 3. The fourth-order valence-electron chi connectivity index (χ4n) is 2.08. The summed E-state index contributed by atoms with van der Waals surface area (Å²) in [6.45, 7) is 6.54. The summed E-state index contributed by atoms with van der Waals surface area (Å²) < 4.78 is 51.5. The van der Waals surface area contributed by atoms with Crippen molar-refractivity contribution in [3.63, 3.8) is 0 Å². The SMILES string of the molecule is CC(C)(C)C1CSC(c2ccc(C(F)(F)F)cc2F)SC1. The second kappa shape index (κ2) is 6.03. The van der Waals surface area contributed by atoms with Gasteiger partial charge in [-0.2, -0.15) is 13.2 Å². The van der Waals surface area contributed by atoms with Crippen LogP contribution in [-0.4, -0.2) is 11.5 Å². The van der Waals surface area contributed by atoms with Crippen molar-refractivity contribution in [1.29, 1.82) is 0 Å². The molecule has 1 fully saturated rings. The van der Waals surface area contributed by atoms with E-state index in [-0.39, 0.29) is 10.00 Å². The van der Waals surface area contributed by atoms with Crippen LogP contribution in [-0.2, 0) is 6.18 Å². The molecule has 6 heteroatoms. The lowest BCUT2D eigenvalue weighted by atomic mass is 9.83. The zero-order valence-corrected chi connectivity index (χ0v) is 13.8. The molecule has 0 radical (unpaired) electrons. The maximum atomic E-state index is 14.0. The number of benzene rings is 1. The number of hydrogen-bond acceptors (Lipinski definition) is 2. The fourth-order valence-corrected chi connectivity index (χ4v) is 5.87. The lowest BCUT2D eigenvalue weighted by molar-refractivity contribution is -0.137. The van der Waals surface area contributed by atoms with E-state index in [1.807, 2.05) is 0 Å². The first kappa shape index (κ1) is 17.0. The lowest BCUT2D eigenvalue weighted by Crippen LogP contribution is -2.28. The first-order valence-electron chi connectivity index (χ1n) is 6.69. The monoisotopic (exact) mass is 338 g/mol. The molecular formula is C15H18F4S2. The van der Waals surface area contributed by atoms with Gasteiger partial charge in [0.1, 0.15) is 5.82 Å². The van der Waals surface area contributed by atoms with E-state index < -0.39 is 17.6 Å². The van der Waals surface area contributed by atoms with Gasteiger partial charge in [-0.3, -0.25) is 0 Å². The highest BCUT2D eigenvalue weighted by molar-refractivity contribution is 8.16. The number of halogens is 4. The minimum Gasteiger partial charge on any atom is -0.207 e. The summed E-state index contributed by atoms with van der Waals surface area (Å²) in [7, 11) is 0. The molecule has 0 amide bonds. The highest BCUT2D eigenvalue weighted by atomic mass is 32.2. The molecule has 118 valence electrons. The second-order valence-corrected chi connectivity index (χ2v) is 8.87. The molecule has 0 atom stereocenters. The van der Waals surface area contributed by atoms with Gasteiger partial charge in [0, 0.05) is 5.56 Å². The van der Waals surface area contributed by atoms with Crippen molar-refractivity contribution in [1.82, 2.24) is 0 Å². The Kier molecular flexibility index (Phi) is 4.88. The molecule has 0 aliphatic carbocycles. The minimum absolute atomic E-state index is 0.120. The van der Waals surface area contributed by atoms with Crippen molar-refractivity contribution in [2.75, 3.05) is 11.5 Å². The summed E-state index contributed by atoms with van der Waals surface area (Å²) in [6, 6.07) is 2.85. The van der Waals surface area contributed by atoms with E-state index in [1.54, 1.807) is 23.5 Å². The Balaban J connectivity index is 2.11. The van der Waals surface area contributed by atoms with Gasteiger partial charge in [0.05, 0.1) is 10.1 Å². The van der Waals surface area contributed by atoms with Gasteiger partial charge in [0.2, 0.25) is 0 Å². The second-order valence-electron chi connectivity index (χ2n) is 6.30. The van der Waals surface area contributed by atoms with Crippen LogP contribution in [0.2, 0.25) is 0 Å². The van der Waals surface area contributed by atoms with Gasteiger partial charge < -0.3 is 0 Å². The molecule has 0 nitrogen and oxygen atoms in total. The van der Waals surface area contributed by atoms with Gasteiger partial charge in [-0.05, 0) is 35.0 Å². The van der Waals surface area contributed by atoms with Crippen molar-refractivity contribution in [3.05, 3.63) is 35.1 Å². The van der Waals surface area contributed by atoms with Gasteiger partial charge in [0.25, 0.3) is 0 Å². The van der Waals surface area contributed by atoms with E-state index >= 15 is 0 Å². The van der Waals surface area contributed by atoms with Crippen LogP contribution in [0.3, 0.4) is 0 Å². The first-order valence-corrected chi connectivity index (χ1v) is 8.78. The smallest absolute Gasteiger partial charge is 0.207 e. The minimum atomic E-state index is -4.50. The van der Waals surface area contributed by atoms with Crippen molar-refractivity contribution >= 4 is 23.5 Å². The van der Waals surface area contributed by atoms with E-state index in [4.69, 9.17) is 0 Å². The molecule has 21 heavy (non-hydrogen) atoms. The summed E-state index contributed by atoms with van der Waals surface area (Å²) in [5, 5.41) is 0. The standard InChI is InChI=1S/C15H18F4S2/c1-14(2,3)10-7-20-13(21-8-10)11-5-4-9(6-12(11)16)15(17,18)19/h4-6,10,13H,7-8H2,1-3H3. The molecule has 1 aliphatic heterocycles. The van der Waals surface area contributed by atoms with Crippen LogP contribution in [0.4, 0.5) is 17.6 Å². The van der Waals surface area contributed by atoms with E-state index in [9.17, 15) is 17.6 Å². The molecule has 0 saturated carbocycles. The highest BCUT2D eigenvalue weighted by Crippen LogP contribution is 2.50. The summed E-state index contributed by atoms with van der Waals surface area (Å²) in [5.74, 6) is 1.58. The first-order chi connectivity index (χ1) is 9.59. The van der Waals surface area contributed by atoms with Crippen molar-refractivity contribution < 1.29 is 17.6 Å². The predicted molar refractivity (Wildman–Crippen MR) is 82.0 cm³/mol. The lowest BCUT2D eigenvalue weighted by Gasteiger charge is -2.36. The molecule has 2 rings (SSSR count). The van der Waals surface area contributed by atoms with Crippen LogP contribution in [0.15, 0.2) is 18.2 Å². The van der Waals surface area contributed by atoms with Gasteiger partial charge in [-0.15, -0.1) is 23.5 Å². The molecule has 1 heterocycles. The fraction of sp³-hybridized carbons (Fsp3) is 0.600. The quantitative estimate of drug-likeness (QED) is 0.577. The molecule has 0 unspecified atom stereocenters. The third-order valence-corrected chi connectivity index (χ3v) is 6.82. The summed E-state index contributed by atoms with van der Waals surface area (Å²) >= 11 is 3.24. The number of thioether (sulfide) groups is 2. The summed E-state index contributed by atoms with van der Waals surface area (Å²) in [6.07, 6.45) is -4.50. The van der Waals surface area contributed by atoms with Crippen molar-refractivity contribution in [2.45, 2.75) is 31.5 Å². The predicted octanol–water partition coefficient (Wildman–Crippen LogP) is 5.99. The van der Waals surface area contributed by atoms with Crippen LogP contribution in [0.1, 0.15) is 36.5 Å². The van der Waals surface area contributed by atoms with Crippen LogP contribution < -0.4 is 0 Å². The largest absolute Gasteiger partial charge is 0.416 e. The van der Waals surface area contributed by atoms with E-state index in [0.29, 0.717) is 17.5 Å². The molecule has 1 saturated heterocycles. The van der Waals surface area contributed by atoms with E-state index in [1.165, 1.54) is 6.07 Å². The maximum absolute atomic E-state index is 14.0. The molecule has 1 aromatic carbocycles. The zero-order valence-electron chi connectivity index (χ0n) is 12.1. The Morgan fingerprint density at radius 1 is 1.05 bits per heavy atom. The normalized spacial score (nSPS) is 24.1. The van der Waals surface area contributed by atoms with Crippen LogP contribution in [0.25, 0.3) is 0 Å². The van der Waals surface area contributed by atoms with Crippen molar-refractivity contribution in [2.24, 2.45) is 11.3 Å². The third kappa shape index (κ3) is 4.09. The van der Waals surface area contributed by atoms with Crippen molar-refractivity contribution in [3.8, 4) is 0 Å². The number of rotatable bonds is 1. The molecule has 0 bridgehead atoms. The van der Waals surface area contributed by atoms with E-state index in [0.717, 1.165) is 17.6 Å².